The first kappa shape index (κ1) is 22.5. The van der Waals surface area contributed by atoms with Crippen molar-refractivity contribution in [2.75, 3.05) is 0 Å². The van der Waals surface area contributed by atoms with Crippen molar-refractivity contribution in [2.45, 2.75) is 0 Å². The standard InChI is InChI=1S/ClH.K.La.H3O4P.H/c;;;1-5(2,3)4;/h1H;;;(H3,1,2,3,4);/q;+1;;;-1. The molecule has 0 aliphatic carbocycles. The van der Waals surface area contributed by atoms with Crippen LogP contribution in [0, 0.1) is 35.6 Å². The van der Waals surface area contributed by atoms with Gasteiger partial charge in [0.15, 0.2) is 0 Å². The predicted octanol–water partition coefficient (Wildman–Crippen LogP) is -3.39. The van der Waals surface area contributed by atoms with Crippen LogP contribution in [0.4, 0.5) is 0 Å². The van der Waals surface area contributed by atoms with E-state index < -0.39 is 7.82 Å². The van der Waals surface area contributed by atoms with Gasteiger partial charge in [0.1, 0.15) is 0 Å². The fourth-order valence-electron chi connectivity index (χ4n) is 0. The van der Waals surface area contributed by atoms with E-state index in [1.807, 2.05) is 0 Å². The van der Waals surface area contributed by atoms with Crippen molar-refractivity contribution >= 4 is 20.2 Å². The average Bonchev–Trinajstić information content (AvgIpc) is 0.722. The zero-order valence-corrected chi connectivity index (χ0v) is 12.6. The fourth-order valence-corrected chi connectivity index (χ4v) is 0. The SMILES string of the molecule is Cl.O=P(O)(O)O.[H-].[K+].[La]. The molecule has 0 heterocycles. The molecule has 0 aromatic carbocycles. The van der Waals surface area contributed by atoms with E-state index in [0.29, 0.717) is 0 Å². The Morgan fingerprint density at radius 1 is 1.25 bits per heavy atom. The van der Waals surface area contributed by atoms with Crippen molar-refractivity contribution in [1.82, 2.24) is 0 Å². The Bertz CT molecular complexity index is 66.7. The van der Waals surface area contributed by atoms with Crippen molar-refractivity contribution in [1.29, 1.82) is 0 Å². The molecule has 0 aromatic rings. The summed E-state index contributed by atoms with van der Waals surface area (Å²) in [7, 11) is -4.64. The summed E-state index contributed by atoms with van der Waals surface area (Å²) in [5.41, 5.74) is 0. The van der Waals surface area contributed by atoms with Crippen molar-refractivity contribution in [2.24, 2.45) is 0 Å². The maximum atomic E-state index is 8.88. The minimum absolute atomic E-state index is 0. The van der Waals surface area contributed by atoms with Gasteiger partial charge >= 0.3 is 59.2 Å². The largest absolute Gasteiger partial charge is 1.00 e. The molecule has 0 spiro atoms. The summed E-state index contributed by atoms with van der Waals surface area (Å²) in [5, 5.41) is 0. The van der Waals surface area contributed by atoms with Gasteiger partial charge in [0, 0.05) is 35.6 Å². The predicted molar refractivity (Wildman–Crippen MR) is 22.6 cm³/mol. The van der Waals surface area contributed by atoms with Gasteiger partial charge in [0.2, 0.25) is 0 Å². The molecule has 3 N–H and O–H groups in total. The molecule has 0 aromatic heterocycles. The van der Waals surface area contributed by atoms with Gasteiger partial charge in [-0.1, -0.05) is 0 Å². The van der Waals surface area contributed by atoms with Gasteiger partial charge in [-0.2, -0.15) is 0 Å². The first-order valence-corrected chi connectivity index (χ1v) is 2.35. The summed E-state index contributed by atoms with van der Waals surface area (Å²) in [4.78, 5) is 21.6. The third-order valence-corrected chi connectivity index (χ3v) is 0. The Labute approximate surface area is 125 Å². The molecule has 0 amide bonds. The monoisotopic (exact) mass is 313 g/mol. The van der Waals surface area contributed by atoms with E-state index in [1.54, 1.807) is 0 Å². The van der Waals surface area contributed by atoms with Crippen molar-refractivity contribution in [3.63, 3.8) is 0 Å². The Hall–Kier alpha value is 3.23. The van der Waals surface area contributed by atoms with Crippen LogP contribution in [0.2, 0.25) is 0 Å². The van der Waals surface area contributed by atoms with E-state index in [1.165, 1.54) is 0 Å². The summed E-state index contributed by atoms with van der Waals surface area (Å²) < 4.78 is 8.88. The van der Waals surface area contributed by atoms with E-state index in [9.17, 15) is 0 Å². The van der Waals surface area contributed by atoms with Gasteiger partial charge in [0.25, 0.3) is 0 Å². The van der Waals surface area contributed by atoms with Crippen LogP contribution in [-0.4, -0.2) is 14.7 Å². The minimum atomic E-state index is -4.64. The average molecular weight is 313 g/mol. The Balaban J connectivity index is -0.0000000133. The van der Waals surface area contributed by atoms with Crippen LogP contribution in [0.15, 0.2) is 0 Å². The van der Waals surface area contributed by atoms with Crippen LogP contribution in [-0.2, 0) is 4.57 Å². The third kappa shape index (κ3) is 59.9. The van der Waals surface area contributed by atoms with E-state index in [4.69, 9.17) is 19.2 Å². The number of hydrogen-bond acceptors (Lipinski definition) is 1. The number of rotatable bonds is 0. The van der Waals surface area contributed by atoms with Gasteiger partial charge in [0.05, 0.1) is 0 Å². The van der Waals surface area contributed by atoms with Crippen LogP contribution in [0.1, 0.15) is 1.43 Å². The first-order chi connectivity index (χ1) is 2.00. The molecular weight excluding hydrogens is 308 g/mol. The van der Waals surface area contributed by atoms with E-state index in [2.05, 4.69) is 0 Å². The topological polar surface area (TPSA) is 77.8 Å². The quantitative estimate of drug-likeness (QED) is 0.322. The summed E-state index contributed by atoms with van der Waals surface area (Å²) in [5.74, 6) is 0. The normalized spacial score (nSPS) is 7.38. The molecule has 0 saturated heterocycles. The molecule has 0 saturated carbocycles. The molecule has 0 fully saturated rings. The summed E-state index contributed by atoms with van der Waals surface area (Å²) in [6.45, 7) is 0. The maximum absolute atomic E-state index is 8.88. The summed E-state index contributed by atoms with van der Waals surface area (Å²) >= 11 is 0. The van der Waals surface area contributed by atoms with Crippen LogP contribution in [0.25, 0.3) is 0 Å². The van der Waals surface area contributed by atoms with E-state index in [-0.39, 0.29) is 101 Å². The Morgan fingerprint density at radius 3 is 1.25 bits per heavy atom. The molecule has 8 heteroatoms. The smallest absolute Gasteiger partial charge is 1.00 e. The molecule has 0 bridgehead atoms. The molecule has 0 rings (SSSR count). The summed E-state index contributed by atoms with van der Waals surface area (Å²) in [6.07, 6.45) is 0. The van der Waals surface area contributed by atoms with Crippen LogP contribution < -0.4 is 51.4 Å². The van der Waals surface area contributed by atoms with Gasteiger partial charge < -0.3 is 16.1 Å². The number of hydrogen-bond donors (Lipinski definition) is 3. The van der Waals surface area contributed by atoms with Crippen molar-refractivity contribution < 1.29 is 108 Å². The van der Waals surface area contributed by atoms with Crippen LogP contribution >= 0.6 is 20.2 Å². The third-order valence-electron chi connectivity index (χ3n) is 0. The molecule has 0 atom stereocenters. The number of halogens is 1. The molecule has 0 aliphatic heterocycles. The molecule has 0 aliphatic rings. The second kappa shape index (κ2) is 10.2. The molecule has 0 unspecified atom stereocenters. The van der Waals surface area contributed by atoms with E-state index in [0.717, 1.165) is 0 Å². The van der Waals surface area contributed by atoms with Crippen molar-refractivity contribution in [3.05, 3.63) is 0 Å². The summed E-state index contributed by atoms with van der Waals surface area (Å²) in [6, 6.07) is 0. The first-order valence-electron chi connectivity index (χ1n) is 0.783. The van der Waals surface area contributed by atoms with Gasteiger partial charge in [-0.05, 0) is 0 Å². The second-order valence-corrected chi connectivity index (χ2v) is 1.54. The Morgan fingerprint density at radius 2 is 1.25 bits per heavy atom. The van der Waals surface area contributed by atoms with E-state index >= 15 is 0 Å². The van der Waals surface area contributed by atoms with Crippen LogP contribution in [0.3, 0.4) is 0 Å². The fraction of sp³-hybridized carbons (Fsp3) is 0. The molecular formula is H5ClKLaO4P. The minimum Gasteiger partial charge on any atom is -1.00 e. The molecule has 4 nitrogen and oxygen atoms in total. The van der Waals surface area contributed by atoms with Gasteiger partial charge in [-0.3, -0.25) is 0 Å². The zero-order valence-electron chi connectivity index (χ0n) is 5.18. The van der Waals surface area contributed by atoms with Crippen molar-refractivity contribution in [3.8, 4) is 0 Å². The Kier molecular flexibility index (Phi) is 28.8. The number of phosphoric acid groups is 1. The van der Waals surface area contributed by atoms with Gasteiger partial charge in [-0.15, -0.1) is 12.4 Å². The molecule has 8 heavy (non-hydrogen) atoms. The maximum Gasteiger partial charge on any atom is 1.00 e. The van der Waals surface area contributed by atoms with Gasteiger partial charge in [-0.25, -0.2) is 4.57 Å². The zero-order chi connectivity index (χ0) is 4.50. The van der Waals surface area contributed by atoms with Crippen LogP contribution in [0.5, 0.6) is 0 Å². The molecule has 45 valence electrons. The second-order valence-electron chi connectivity index (χ2n) is 0.513. The molecule has 1 radical (unpaired) electrons.